The Morgan fingerprint density at radius 3 is 2.77 bits per heavy atom. The van der Waals surface area contributed by atoms with Gasteiger partial charge in [-0.1, -0.05) is 21.6 Å². The number of nitrogens with zero attached hydrogens (tertiary/aromatic N) is 1. The average molecular weight is 338 g/mol. The minimum atomic E-state index is -0.780. The van der Waals surface area contributed by atoms with E-state index in [-0.39, 0.29) is 12.3 Å². The van der Waals surface area contributed by atoms with Crippen LogP contribution < -0.4 is 5.32 Å². The Hall–Kier alpha value is -1.60. The number of carbonyl (C=O) groups is 2. The monoisotopic (exact) mass is 338 g/mol. The molecule has 0 atom stereocenters. The van der Waals surface area contributed by atoms with E-state index in [4.69, 9.17) is 5.11 Å². The molecule has 1 heterocycles. The molecule has 118 valence electrons. The van der Waals surface area contributed by atoms with Crippen molar-refractivity contribution in [2.75, 3.05) is 18.1 Å². The van der Waals surface area contributed by atoms with Crippen LogP contribution in [0.2, 0.25) is 0 Å². The van der Waals surface area contributed by atoms with Gasteiger partial charge in [-0.15, -0.1) is 0 Å². The van der Waals surface area contributed by atoms with Crippen molar-refractivity contribution < 1.29 is 14.7 Å². The molecule has 1 aromatic carbocycles. The third kappa shape index (κ3) is 4.71. The Balaban J connectivity index is 1.73. The van der Waals surface area contributed by atoms with Gasteiger partial charge in [0.25, 0.3) is 5.91 Å². The Morgan fingerprint density at radius 1 is 1.23 bits per heavy atom. The molecule has 2 aromatic rings. The average Bonchev–Trinajstić information content (AvgIpc) is 2.86. The number of carboxylic acids is 1. The van der Waals surface area contributed by atoms with E-state index in [0.29, 0.717) is 17.9 Å². The van der Waals surface area contributed by atoms with Gasteiger partial charge in [-0.3, -0.25) is 9.59 Å². The summed E-state index contributed by atoms with van der Waals surface area (Å²) in [5.41, 5.74) is 1.75. The van der Waals surface area contributed by atoms with E-state index in [0.717, 1.165) is 16.7 Å². The Kier molecular flexibility index (Phi) is 6.21. The van der Waals surface area contributed by atoms with Gasteiger partial charge in [0.1, 0.15) is 0 Å². The number of aryl methyl sites for hydroxylation is 1. The van der Waals surface area contributed by atoms with Gasteiger partial charge in [-0.25, -0.2) is 0 Å². The predicted octanol–water partition coefficient (Wildman–Crippen LogP) is 2.76. The second-order valence-corrected chi connectivity index (χ2v) is 7.45. The summed E-state index contributed by atoms with van der Waals surface area (Å²) >= 11 is 0. The fourth-order valence-electron chi connectivity index (χ4n) is 1.98. The maximum Gasteiger partial charge on any atom is 0.304 e. The van der Waals surface area contributed by atoms with E-state index in [2.05, 4.69) is 5.32 Å². The van der Waals surface area contributed by atoms with Crippen LogP contribution in [0.15, 0.2) is 30.5 Å². The third-order valence-electron chi connectivity index (χ3n) is 3.10. The molecule has 0 radical (unpaired) electrons. The first-order chi connectivity index (χ1) is 10.6. The summed E-state index contributed by atoms with van der Waals surface area (Å²) in [6, 6.07) is 7.65. The number of nitrogens with one attached hydrogen (secondary N) is 1. The van der Waals surface area contributed by atoms with Gasteiger partial charge in [-0.05, 0) is 24.3 Å². The molecule has 2 N–H and O–H groups in total. The molecule has 0 aliphatic heterocycles. The molecule has 0 unspecified atom stereocenters. The van der Waals surface area contributed by atoms with Crippen LogP contribution in [0.5, 0.6) is 0 Å². The number of amides is 1. The van der Waals surface area contributed by atoms with Crippen LogP contribution in [-0.4, -0.2) is 39.6 Å². The molecule has 0 saturated carbocycles. The number of carbonyl (C=O) groups excluding carboxylic acids is 1. The van der Waals surface area contributed by atoms with Gasteiger partial charge in [0, 0.05) is 47.8 Å². The van der Waals surface area contributed by atoms with E-state index >= 15 is 0 Å². The zero-order valence-electron chi connectivity index (χ0n) is 12.2. The maximum absolute atomic E-state index is 12.1. The minimum Gasteiger partial charge on any atom is -0.481 e. The summed E-state index contributed by atoms with van der Waals surface area (Å²) in [4.78, 5) is 22.4. The minimum absolute atomic E-state index is 0.0816. The molecule has 0 spiro atoms. The lowest BCUT2D eigenvalue weighted by molar-refractivity contribution is -0.136. The van der Waals surface area contributed by atoms with E-state index in [9.17, 15) is 9.59 Å². The molecule has 0 aliphatic rings. The standard InChI is InChI=1S/C15H18N2O3S2/c1-17-7-4-11-10-12(2-3-13(11)17)15(20)16-6-9-22-21-8-5-14(18)19/h2-4,7,10H,5-6,8-9H2,1H3,(H,16,20)(H,18,19). The Morgan fingerprint density at radius 2 is 2.00 bits per heavy atom. The van der Waals surface area contributed by atoms with Crippen molar-refractivity contribution in [3.63, 3.8) is 0 Å². The molecule has 5 nitrogen and oxygen atoms in total. The number of carboxylic acid groups (broad SMARTS) is 1. The third-order valence-corrected chi connectivity index (χ3v) is 5.51. The SMILES string of the molecule is Cn1ccc2cc(C(=O)NCCSSCCC(=O)O)ccc21. The van der Waals surface area contributed by atoms with Crippen LogP contribution in [0, 0.1) is 0 Å². The second kappa shape index (κ2) is 8.14. The van der Waals surface area contributed by atoms with Gasteiger partial charge in [0.2, 0.25) is 0 Å². The lowest BCUT2D eigenvalue weighted by atomic mass is 10.1. The highest BCUT2D eigenvalue weighted by Crippen LogP contribution is 2.21. The first kappa shape index (κ1) is 16.8. The summed E-state index contributed by atoms with van der Waals surface area (Å²) in [5, 5.41) is 12.4. The van der Waals surface area contributed by atoms with Crippen molar-refractivity contribution in [3.8, 4) is 0 Å². The molecular formula is C15H18N2O3S2. The lowest BCUT2D eigenvalue weighted by Gasteiger charge is -2.05. The largest absolute Gasteiger partial charge is 0.481 e. The summed E-state index contributed by atoms with van der Waals surface area (Å²) in [6.07, 6.45) is 2.14. The zero-order valence-corrected chi connectivity index (χ0v) is 13.9. The lowest BCUT2D eigenvalue weighted by Crippen LogP contribution is -2.25. The molecule has 2 rings (SSSR count). The fraction of sp³-hybridized carbons (Fsp3) is 0.333. The second-order valence-electron chi connectivity index (χ2n) is 4.74. The number of aromatic nitrogens is 1. The Bertz CT molecular complexity index is 670. The first-order valence-corrected chi connectivity index (χ1v) is 9.36. The van der Waals surface area contributed by atoms with Gasteiger partial charge < -0.3 is 15.0 Å². The smallest absolute Gasteiger partial charge is 0.304 e. The molecule has 0 fully saturated rings. The summed E-state index contributed by atoms with van der Waals surface area (Å²) in [6.45, 7) is 0.566. The van der Waals surface area contributed by atoms with Crippen molar-refractivity contribution in [1.29, 1.82) is 0 Å². The summed E-state index contributed by atoms with van der Waals surface area (Å²) in [5.74, 6) is 0.474. The van der Waals surface area contributed by atoms with Crippen LogP contribution in [0.3, 0.4) is 0 Å². The normalized spacial score (nSPS) is 10.8. The van der Waals surface area contributed by atoms with Crippen LogP contribution in [0.25, 0.3) is 10.9 Å². The van der Waals surface area contributed by atoms with E-state index in [1.54, 1.807) is 10.8 Å². The molecule has 22 heavy (non-hydrogen) atoms. The first-order valence-electron chi connectivity index (χ1n) is 6.87. The molecule has 7 heteroatoms. The predicted molar refractivity (Wildman–Crippen MR) is 92.4 cm³/mol. The topological polar surface area (TPSA) is 71.3 Å². The molecule has 0 saturated heterocycles. The van der Waals surface area contributed by atoms with Gasteiger partial charge >= 0.3 is 5.97 Å². The summed E-state index contributed by atoms with van der Waals surface area (Å²) < 4.78 is 2.02. The van der Waals surface area contributed by atoms with Crippen molar-refractivity contribution in [3.05, 3.63) is 36.0 Å². The van der Waals surface area contributed by atoms with E-state index < -0.39 is 5.97 Å². The fourth-order valence-corrected chi connectivity index (χ4v) is 3.86. The molecular weight excluding hydrogens is 320 g/mol. The number of rotatable bonds is 8. The van der Waals surface area contributed by atoms with Crippen molar-refractivity contribution in [1.82, 2.24) is 9.88 Å². The van der Waals surface area contributed by atoms with E-state index in [1.807, 2.05) is 42.1 Å². The molecule has 1 amide bonds. The number of benzene rings is 1. The van der Waals surface area contributed by atoms with Crippen molar-refractivity contribution in [2.24, 2.45) is 7.05 Å². The van der Waals surface area contributed by atoms with Gasteiger partial charge in [0.15, 0.2) is 0 Å². The quantitative estimate of drug-likeness (QED) is 0.572. The molecule has 0 bridgehead atoms. The van der Waals surface area contributed by atoms with Crippen LogP contribution in [-0.2, 0) is 11.8 Å². The van der Waals surface area contributed by atoms with Crippen LogP contribution in [0.4, 0.5) is 0 Å². The van der Waals surface area contributed by atoms with Gasteiger partial charge in [-0.2, -0.15) is 0 Å². The van der Waals surface area contributed by atoms with Crippen molar-refractivity contribution in [2.45, 2.75) is 6.42 Å². The number of hydrogen-bond acceptors (Lipinski definition) is 4. The van der Waals surface area contributed by atoms with Crippen LogP contribution >= 0.6 is 21.6 Å². The Labute approximate surface area is 136 Å². The number of aliphatic carboxylic acids is 1. The number of fused-ring (bicyclic) bond motifs is 1. The summed E-state index contributed by atoms with van der Waals surface area (Å²) in [7, 11) is 5.06. The van der Waals surface area contributed by atoms with Crippen LogP contribution in [0.1, 0.15) is 16.8 Å². The molecule has 1 aromatic heterocycles. The highest BCUT2D eigenvalue weighted by atomic mass is 33.1. The highest BCUT2D eigenvalue weighted by Gasteiger charge is 2.07. The highest BCUT2D eigenvalue weighted by molar-refractivity contribution is 8.76. The molecule has 0 aliphatic carbocycles. The number of hydrogen-bond donors (Lipinski definition) is 2. The van der Waals surface area contributed by atoms with E-state index in [1.165, 1.54) is 10.8 Å². The zero-order chi connectivity index (χ0) is 15.9. The maximum atomic E-state index is 12.1. The van der Waals surface area contributed by atoms with Gasteiger partial charge in [0.05, 0.1) is 6.42 Å². The van der Waals surface area contributed by atoms with Crippen molar-refractivity contribution >= 4 is 44.4 Å².